The number of aryl methyl sites for hydroxylation is 1. The number of hydrogen-bond acceptors (Lipinski definition) is 2. The predicted molar refractivity (Wildman–Crippen MR) is 66.4 cm³/mol. The van der Waals surface area contributed by atoms with Gasteiger partial charge in [0.15, 0.2) is 0 Å². The van der Waals surface area contributed by atoms with Gasteiger partial charge in [-0.15, -0.1) is 0 Å². The van der Waals surface area contributed by atoms with Crippen molar-refractivity contribution >= 4 is 0 Å². The predicted octanol–water partition coefficient (Wildman–Crippen LogP) is 2.79. The average molecular weight is 237 g/mol. The summed E-state index contributed by atoms with van der Waals surface area (Å²) in [5.74, 6) is -0.161. The molecule has 1 fully saturated rings. The molecular weight excluding hydrogens is 217 g/mol. The molecule has 0 bridgehead atoms. The molecule has 94 valence electrons. The van der Waals surface area contributed by atoms with Crippen molar-refractivity contribution in [1.82, 2.24) is 5.32 Å². The quantitative estimate of drug-likeness (QED) is 0.869. The van der Waals surface area contributed by atoms with Crippen LogP contribution in [0.3, 0.4) is 0 Å². The van der Waals surface area contributed by atoms with Crippen molar-refractivity contribution in [1.29, 1.82) is 0 Å². The summed E-state index contributed by atoms with van der Waals surface area (Å²) in [4.78, 5) is 0. The molecule has 1 aromatic carbocycles. The third-order valence-corrected chi connectivity index (χ3v) is 3.60. The fourth-order valence-electron chi connectivity index (χ4n) is 2.45. The topological polar surface area (TPSA) is 21.3 Å². The largest absolute Gasteiger partial charge is 0.381 e. The molecule has 2 unspecified atom stereocenters. The van der Waals surface area contributed by atoms with E-state index in [1.807, 2.05) is 13.0 Å². The van der Waals surface area contributed by atoms with Crippen molar-refractivity contribution < 1.29 is 9.13 Å². The van der Waals surface area contributed by atoms with E-state index in [2.05, 4.69) is 5.32 Å². The SMILES string of the molecule is COC1CCC(NCc2ccc(F)cc2C)C1. The number of hydrogen-bond donors (Lipinski definition) is 1. The Morgan fingerprint density at radius 2 is 2.24 bits per heavy atom. The number of nitrogens with one attached hydrogen (secondary N) is 1. The van der Waals surface area contributed by atoms with Crippen LogP contribution in [-0.4, -0.2) is 19.3 Å². The van der Waals surface area contributed by atoms with E-state index in [9.17, 15) is 4.39 Å². The van der Waals surface area contributed by atoms with Gasteiger partial charge >= 0.3 is 0 Å². The minimum absolute atomic E-state index is 0.161. The van der Waals surface area contributed by atoms with Crippen LogP contribution in [0.5, 0.6) is 0 Å². The standard InChI is InChI=1S/C14H20FNO/c1-10-7-12(15)4-3-11(10)9-16-13-5-6-14(8-13)17-2/h3-4,7,13-14,16H,5-6,8-9H2,1-2H3. The molecule has 0 heterocycles. The Kier molecular flexibility index (Phi) is 4.13. The normalized spacial score (nSPS) is 24.2. The summed E-state index contributed by atoms with van der Waals surface area (Å²) >= 11 is 0. The first-order valence-electron chi connectivity index (χ1n) is 6.20. The lowest BCUT2D eigenvalue weighted by Crippen LogP contribution is -2.27. The summed E-state index contributed by atoms with van der Waals surface area (Å²) < 4.78 is 18.3. The van der Waals surface area contributed by atoms with Gasteiger partial charge in [0.05, 0.1) is 6.10 Å². The lowest BCUT2D eigenvalue weighted by Gasteiger charge is -2.14. The molecule has 3 heteroatoms. The van der Waals surface area contributed by atoms with Gasteiger partial charge in [0, 0.05) is 19.7 Å². The second kappa shape index (κ2) is 5.61. The Labute approximate surface area is 102 Å². The Balaban J connectivity index is 1.86. The molecule has 0 radical (unpaired) electrons. The zero-order chi connectivity index (χ0) is 12.3. The van der Waals surface area contributed by atoms with Crippen LogP contribution in [-0.2, 0) is 11.3 Å². The first kappa shape index (κ1) is 12.5. The van der Waals surface area contributed by atoms with E-state index >= 15 is 0 Å². The van der Waals surface area contributed by atoms with Gasteiger partial charge in [-0.3, -0.25) is 0 Å². The summed E-state index contributed by atoms with van der Waals surface area (Å²) in [7, 11) is 1.77. The monoisotopic (exact) mass is 237 g/mol. The maximum atomic E-state index is 12.9. The van der Waals surface area contributed by atoms with E-state index in [-0.39, 0.29) is 5.82 Å². The van der Waals surface area contributed by atoms with Gasteiger partial charge in [-0.2, -0.15) is 0 Å². The molecule has 1 aliphatic rings. The van der Waals surface area contributed by atoms with Gasteiger partial charge in [0.1, 0.15) is 5.82 Å². The Morgan fingerprint density at radius 1 is 1.41 bits per heavy atom. The third kappa shape index (κ3) is 3.27. The minimum atomic E-state index is -0.161. The van der Waals surface area contributed by atoms with Gasteiger partial charge in [-0.05, 0) is 49.4 Å². The lowest BCUT2D eigenvalue weighted by molar-refractivity contribution is 0.107. The summed E-state index contributed by atoms with van der Waals surface area (Å²) in [6, 6.07) is 5.50. The highest BCUT2D eigenvalue weighted by atomic mass is 19.1. The van der Waals surface area contributed by atoms with Crippen molar-refractivity contribution in [2.24, 2.45) is 0 Å². The van der Waals surface area contributed by atoms with E-state index in [1.54, 1.807) is 13.2 Å². The van der Waals surface area contributed by atoms with Crippen LogP contribution >= 0.6 is 0 Å². The van der Waals surface area contributed by atoms with Crippen LogP contribution in [0.15, 0.2) is 18.2 Å². The summed E-state index contributed by atoms with van der Waals surface area (Å²) in [5, 5.41) is 3.52. The molecule has 0 amide bonds. The third-order valence-electron chi connectivity index (χ3n) is 3.60. The molecule has 0 aliphatic heterocycles. The molecule has 17 heavy (non-hydrogen) atoms. The van der Waals surface area contributed by atoms with Crippen LogP contribution in [0.2, 0.25) is 0 Å². The molecule has 1 aromatic rings. The second-order valence-electron chi connectivity index (χ2n) is 4.82. The molecule has 1 N–H and O–H groups in total. The van der Waals surface area contributed by atoms with Gasteiger partial charge in [0.2, 0.25) is 0 Å². The minimum Gasteiger partial charge on any atom is -0.381 e. The highest BCUT2D eigenvalue weighted by molar-refractivity contribution is 5.26. The second-order valence-corrected chi connectivity index (χ2v) is 4.82. The fourth-order valence-corrected chi connectivity index (χ4v) is 2.45. The molecule has 0 spiro atoms. The van der Waals surface area contributed by atoms with Crippen LogP contribution in [0.4, 0.5) is 4.39 Å². The number of methoxy groups -OCH3 is 1. The molecule has 2 atom stereocenters. The molecule has 2 nitrogen and oxygen atoms in total. The van der Waals surface area contributed by atoms with Crippen molar-refractivity contribution in [2.45, 2.75) is 44.9 Å². The van der Waals surface area contributed by atoms with Crippen LogP contribution < -0.4 is 5.32 Å². The van der Waals surface area contributed by atoms with Crippen molar-refractivity contribution in [3.8, 4) is 0 Å². The first-order chi connectivity index (χ1) is 8.19. The van der Waals surface area contributed by atoms with Crippen molar-refractivity contribution in [2.75, 3.05) is 7.11 Å². The van der Waals surface area contributed by atoms with E-state index in [1.165, 1.54) is 18.1 Å². The van der Waals surface area contributed by atoms with E-state index in [0.717, 1.165) is 24.9 Å². The Hall–Kier alpha value is -0.930. The number of halogens is 1. The van der Waals surface area contributed by atoms with Crippen LogP contribution in [0.25, 0.3) is 0 Å². The lowest BCUT2D eigenvalue weighted by atomic mass is 10.1. The smallest absolute Gasteiger partial charge is 0.123 e. The maximum Gasteiger partial charge on any atom is 0.123 e. The van der Waals surface area contributed by atoms with Crippen molar-refractivity contribution in [3.05, 3.63) is 35.1 Å². The van der Waals surface area contributed by atoms with Gasteiger partial charge < -0.3 is 10.1 Å². The highest BCUT2D eigenvalue weighted by Gasteiger charge is 2.23. The number of rotatable bonds is 4. The van der Waals surface area contributed by atoms with Gasteiger partial charge in [-0.1, -0.05) is 6.07 Å². The van der Waals surface area contributed by atoms with Crippen LogP contribution in [0.1, 0.15) is 30.4 Å². The Morgan fingerprint density at radius 3 is 2.88 bits per heavy atom. The zero-order valence-corrected chi connectivity index (χ0v) is 10.5. The van der Waals surface area contributed by atoms with E-state index < -0.39 is 0 Å². The maximum absolute atomic E-state index is 12.9. The molecule has 0 aromatic heterocycles. The van der Waals surface area contributed by atoms with Crippen LogP contribution in [0, 0.1) is 12.7 Å². The molecule has 1 aliphatic carbocycles. The van der Waals surface area contributed by atoms with Crippen molar-refractivity contribution in [3.63, 3.8) is 0 Å². The fraction of sp³-hybridized carbons (Fsp3) is 0.571. The summed E-state index contributed by atoms with van der Waals surface area (Å²) in [5.41, 5.74) is 2.19. The zero-order valence-electron chi connectivity index (χ0n) is 10.5. The molecule has 0 saturated heterocycles. The number of benzene rings is 1. The van der Waals surface area contributed by atoms with E-state index in [4.69, 9.17) is 4.74 Å². The molecular formula is C14H20FNO. The molecule has 1 saturated carbocycles. The highest BCUT2D eigenvalue weighted by Crippen LogP contribution is 2.22. The van der Waals surface area contributed by atoms with Gasteiger partial charge in [0.25, 0.3) is 0 Å². The van der Waals surface area contributed by atoms with E-state index in [0.29, 0.717) is 12.1 Å². The molecule has 2 rings (SSSR count). The number of ether oxygens (including phenoxy) is 1. The van der Waals surface area contributed by atoms with Gasteiger partial charge in [-0.25, -0.2) is 4.39 Å². The average Bonchev–Trinajstić information content (AvgIpc) is 2.76. The Bertz CT molecular complexity index is 380. The first-order valence-corrected chi connectivity index (χ1v) is 6.20. The summed E-state index contributed by atoms with van der Waals surface area (Å²) in [6.07, 6.45) is 3.79. The summed E-state index contributed by atoms with van der Waals surface area (Å²) in [6.45, 7) is 2.76.